The lowest BCUT2D eigenvalue weighted by molar-refractivity contribution is 0.103. The molecule has 0 amide bonds. The minimum Gasteiger partial charge on any atom is -0.504 e. The second-order valence-corrected chi connectivity index (χ2v) is 3.35. The number of H-pyrrole nitrogens is 1. The molecule has 0 atom stereocenters. The lowest BCUT2D eigenvalue weighted by atomic mass is 10.2. The van der Waals surface area contributed by atoms with Crippen molar-refractivity contribution in [3.05, 3.63) is 18.2 Å². The quantitative estimate of drug-likeness (QED) is 0.549. The van der Waals surface area contributed by atoms with Crippen molar-refractivity contribution in [2.24, 2.45) is 0 Å². The summed E-state index contributed by atoms with van der Waals surface area (Å²) < 4.78 is 9.45. The molecule has 1 aromatic carbocycles. The molecule has 0 unspecified atom stereocenters. The molecule has 6 heteroatoms. The van der Waals surface area contributed by atoms with E-state index in [1.165, 1.54) is 18.2 Å². The fourth-order valence-corrected chi connectivity index (χ4v) is 1.42. The summed E-state index contributed by atoms with van der Waals surface area (Å²) in [4.78, 5) is 13.8. The average Bonchev–Trinajstić information content (AvgIpc) is 2.60. The number of benzene rings is 1. The van der Waals surface area contributed by atoms with Crippen LogP contribution < -0.4 is 4.74 Å². The normalized spacial score (nSPS) is 10.4. The van der Waals surface area contributed by atoms with Gasteiger partial charge in [-0.25, -0.2) is 4.79 Å². The van der Waals surface area contributed by atoms with Crippen molar-refractivity contribution >= 4 is 17.1 Å². The number of fused-ring (bicyclic) bond motifs is 1. The van der Waals surface area contributed by atoms with E-state index in [0.29, 0.717) is 10.9 Å². The molecule has 0 bridgehead atoms. The van der Waals surface area contributed by atoms with Crippen molar-refractivity contribution in [2.75, 3.05) is 6.61 Å². The highest BCUT2D eigenvalue weighted by atomic mass is 16.7. The van der Waals surface area contributed by atoms with Gasteiger partial charge in [-0.05, 0) is 13.0 Å². The van der Waals surface area contributed by atoms with Gasteiger partial charge in [0.05, 0.1) is 12.1 Å². The molecule has 0 radical (unpaired) electrons. The summed E-state index contributed by atoms with van der Waals surface area (Å²) >= 11 is 0. The highest BCUT2D eigenvalue weighted by molar-refractivity contribution is 5.85. The predicted molar refractivity (Wildman–Crippen MR) is 59.3 cm³/mol. The Morgan fingerprint density at radius 1 is 1.29 bits per heavy atom. The Labute approximate surface area is 96.4 Å². The molecule has 0 aliphatic heterocycles. The number of carbonyl (C=O) groups is 1. The maximum Gasteiger partial charge on any atom is 0.515 e. The van der Waals surface area contributed by atoms with E-state index in [1.54, 1.807) is 6.92 Å². The van der Waals surface area contributed by atoms with Crippen molar-refractivity contribution in [1.29, 1.82) is 0 Å². The third-order valence-corrected chi connectivity index (χ3v) is 2.15. The third kappa shape index (κ3) is 2.25. The van der Waals surface area contributed by atoms with Gasteiger partial charge < -0.3 is 24.7 Å². The standard InChI is InChI=1S/C11H11NO5/c1-2-16-11(15)17-10-4-6-3-8(13)9(14)5-7(6)12-10/h3-5,12-14H,2H2,1H3. The van der Waals surface area contributed by atoms with Gasteiger partial charge in [-0.3, -0.25) is 0 Å². The SMILES string of the molecule is CCOC(=O)Oc1cc2cc(O)c(O)cc2[nH]1. The molecular formula is C11H11NO5. The molecular weight excluding hydrogens is 226 g/mol. The summed E-state index contributed by atoms with van der Waals surface area (Å²) in [6.45, 7) is 1.89. The van der Waals surface area contributed by atoms with Gasteiger partial charge in [0.25, 0.3) is 0 Å². The molecule has 0 saturated carbocycles. The van der Waals surface area contributed by atoms with Crippen molar-refractivity contribution in [1.82, 2.24) is 4.98 Å². The lowest BCUT2D eigenvalue weighted by Crippen LogP contribution is -2.09. The van der Waals surface area contributed by atoms with Crippen LogP contribution in [0.3, 0.4) is 0 Å². The first-order chi connectivity index (χ1) is 8.10. The van der Waals surface area contributed by atoms with Crippen LogP contribution in [-0.4, -0.2) is 28.0 Å². The highest BCUT2D eigenvalue weighted by Crippen LogP contribution is 2.31. The Morgan fingerprint density at radius 2 is 2.00 bits per heavy atom. The molecule has 90 valence electrons. The Kier molecular flexibility index (Phi) is 2.78. The second-order valence-electron chi connectivity index (χ2n) is 3.35. The van der Waals surface area contributed by atoms with E-state index in [2.05, 4.69) is 9.72 Å². The summed E-state index contributed by atoms with van der Waals surface area (Å²) in [5, 5.41) is 19.2. The summed E-state index contributed by atoms with van der Waals surface area (Å²) in [7, 11) is 0. The first kappa shape index (κ1) is 11.1. The van der Waals surface area contributed by atoms with Gasteiger partial charge in [0.2, 0.25) is 5.88 Å². The van der Waals surface area contributed by atoms with Crippen LogP contribution >= 0.6 is 0 Å². The zero-order valence-electron chi connectivity index (χ0n) is 9.06. The molecule has 3 N–H and O–H groups in total. The largest absolute Gasteiger partial charge is 0.515 e. The van der Waals surface area contributed by atoms with Gasteiger partial charge >= 0.3 is 6.16 Å². The maximum atomic E-state index is 11.1. The van der Waals surface area contributed by atoms with Crippen LogP contribution in [0.2, 0.25) is 0 Å². The Balaban J connectivity index is 2.29. The van der Waals surface area contributed by atoms with Gasteiger partial charge in [0, 0.05) is 17.5 Å². The number of phenolic OH excluding ortho intramolecular Hbond substituents is 2. The van der Waals surface area contributed by atoms with E-state index in [4.69, 9.17) is 4.74 Å². The fourth-order valence-electron chi connectivity index (χ4n) is 1.42. The molecule has 0 saturated heterocycles. The fraction of sp³-hybridized carbons (Fsp3) is 0.182. The average molecular weight is 237 g/mol. The van der Waals surface area contributed by atoms with Crippen molar-refractivity contribution in [3.8, 4) is 17.4 Å². The van der Waals surface area contributed by atoms with Crippen LogP contribution in [-0.2, 0) is 4.74 Å². The van der Waals surface area contributed by atoms with Gasteiger partial charge in [-0.1, -0.05) is 0 Å². The molecule has 0 aliphatic carbocycles. The van der Waals surface area contributed by atoms with E-state index in [0.717, 1.165) is 0 Å². The lowest BCUT2D eigenvalue weighted by Gasteiger charge is -1.99. The molecule has 2 aromatic rings. The minimum absolute atomic E-state index is 0.184. The number of aromatic amines is 1. The third-order valence-electron chi connectivity index (χ3n) is 2.15. The molecule has 1 heterocycles. The maximum absolute atomic E-state index is 11.1. The second kappa shape index (κ2) is 4.25. The highest BCUT2D eigenvalue weighted by Gasteiger charge is 2.10. The number of nitrogens with one attached hydrogen (secondary N) is 1. The zero-order valence-corrected chi connectivity index (χ0v) is 9.06. The summed E-state index contributed by atoms with van der Waals surface area (Å²) in [6, 6.07) is 4.22. The topological polar surface area (TPSA) is 91.8 Å². The minimum atomic E-state index is -0.813. The van der Waals surface area contributed by atoms with Crippen LogP contribution in [0.5, 0.6) is 17.4 Å². The predicted octanol–water partition coefficient (Wildman–Crippen LogP) is 2.11. The van der Waals surface area contributed by atoms with Gasteiger partial charge in [-0.2, -0.15) is 0 Å². The van der Waals surface area contributed by atoms with E-state index in [-0.39, 0.29) is 24.0 Å². The van der Waals surface area contributed by atoms with Gasteiger partial charge in [0.1, 0.15) is 0 Å². The van der Waals surface area contributed by atoms with Crippen molar-refractivity contribution in [2.45, 2.75) is 6.92 Å². The summed E-state index contributed by atoms with van der Waals surface area (Å²) in [5.41, 5.74) is 0.541. The molecule has 1 aromatic heterocycles. The number of rotatable bonds is 2. The van der Waals surface area contributed by atoms with Gasteiger partial charge in [0.15, 0.2) is 11.5 Å². The van der Waals surface area contributed by atoms with Crippen LogP contribution in [0.25, 0.3) is 10.9 Å². The number of hydrogen-bond acceptors (Lipinski definition) is 5. The Hall–Kier alpha value is -2.37. The zero-order chi connectivity index (χ0) is 12.4. The van der Waals surface area contributed by atoms with Gasteiger partial charge in [-0.15, -0.1) is 0 Å². The molecule has 0 fully saturated rings. The molecule has 2 rings (SSSR count). The smallest absolute Gasteiger partial charge is 0.504 e. The first-order valence-corrected chi connectivity index (χ1v) is 4.99. The van der Waals surface area contributed by atoms with Crippen molar-refractivity contribution in [3.63, 3.8) is 0 Å². The first-order valence-electron chi connectivity index (χ1n) is 4.99. The number of hydrogen-bond donors (Lipinski definition) is 3. The number of aromatic nitrogens is 1. The Bertz CT molecular complexity index is 521. The molecule has 17 heavy (non-hydrogen) atoms. The number of ether oxygens (including phenoxy) is 2. The Morgan fingerprint density at radius 3 is 2.71 bits per heavy atom. The molecule has 0 spiro atoms. The van der Waals surface area contributed by atoms with Crippen LogP contribution in [0.4, 0.5) is 4.79 Å². The number of carbonyl (C=O) groups excluding carboxylic acids is 1. The van der Waals surface area contributed by atoms with E-state index in [9.17, 15) is 15.0 Å². The van der Waals surface area contributed by atoms with Crippen molar-refractivity contribution < 1.29 is 24.5 Å². The molecule has 6 nitrogen and oxygen atoms in total. The monoisotopic (exact) mass is 237 g/mol. The van der Waals surface area contributed by atoms with Crippen LogP contribution in [0.1, 0.15) is 6.92 Å². The van der Waals surface area contributed by atoms with E-state index < -0.39 is 6.16 Å². The van der Waals surface area contributed by atoms with Crippen LogP contribution in [0.15, 0.2) is 18.2 Å². The summed E-state index contributed by atoms with van der Waals surface area (Å²) in [5.74, 6) is -0.301. The van der Waals surface area contributed by atoms with E-state index >= 15 is 0 Å². The van der Waals surface area contributed by atoms with Crippen LogP contribution in [0, 0.1) is 0 Å². The van der Waals surface area contributed by atoms with E-state index in [1.807, 2.05) is 0 Å². The summed E-state index contributed by atoms with van der Waals surface area (Å²) in [6.07, 6.45) is -0.813. The number of phenols is 2. The number of aromatic hydroxyl groups is 2. The molecule has 0 aliphatic rings.